The summed E-state index contributed by atoms with van der Waals surface area (Å²) in [6.45, 7) is 5.25. The van der Waals surface area contributed by atoms with Gasteiger partial charge in [0, 0.05) is 44.5 Å². The molecule has 1 atom stereocenters. The Hall–Kier alpha value is -1.31. The van der Waals surface area contributed by atoms with E-state index < -0.39 is 11.7 Å². The third-order valence-corrected chi connectivity index (χ3v) is 4.64. The van der Waals surface area contributed by atoms with Crippen molar-refractivity contribution < 1.29 is 17.9 Å². The van der Waals surface area contributed by atoms with Crippen LogP contribution in [0.4, 0.5) is 18.9 Å². The number of nitrogens with two attached hydrogens (primary N) is 1. The Balaban J connectivity index is 1.66. The lowest BCUT2D eigenvalue weighted by atomic mass is 10.1. The van der Waals surface area contributed by atoms with E-state index in [0.29, 0.717) is 18.2 Å². The highest BCUT2D eigenvalue weighted by Gasteiger charge is 2.35. The van der Waals surface area contributed by atoms with Gasteiger partial charge in [-0.2, -0.15) is 13.2 Å². The molecule has 7 heteroatoms. The highest BCUT2D eigenvalue weighted by Crippen LogP contribution is 2.34. The first-order chi connectivity index (χ1) is 10.9. The first-order valence-electron chi connectivity index (χ1n) is 7.93. The molecule has 2 saturated heterocycles. The number of likely N-dealkylation sites (tertiary alicyclic amines) is 1. The molecular weight excluding hydrogens is 307 g/mol. The van der Waals surface area contributed by atoms with E-state index in [0.717, 1.165) is 51.9 Å². The van der Waals surface area contributed by atoms with Gasteiger partial charge < -0.3 is 10.5 Å². The topological polar surface area (TPSA) is 41.7 Å². The minimum atomic E-state index is -4.37. The monoisotopic (exact) mass is 329 g/mol. The van der Waals surface area contributed by atoms with Crippen LogP contribution in [-0.2, 0) is 17.5 Å². The number of halogens is 3. The molecule has 2 fully saturated rings. The van der Waals surface area contributed by atoms with E-state index in [1.54, 1.807) is 6.07 Å². The maximum Gasteiger partial charge on any atom is 0.416 e. The van der Waals surface area contributed by atoms with Gasteiger partial charge in [-0.3, -0.25) is 9.80 Å². The van der Waals surface area contributed by atoms with Crippen molar-refractivity contribution in [3.63, 3.8) is 0 Å². The number of hydrogen-bond donors (Lipinski definition) is 1. The Morgan fingerprint density at radius 2 is 1.91 bits per heavy atom. The van der Waals surface area contributed by atoms with Crippen molar-refractivity contribution >= 4 is 5.69 Å². The van der Waals surface area contributed by atoms with Crippen molar-refractivity contribution in [1.29, 1.82) is 0 Å². The van der Waals surface area contributed by atoms with Crippen LogP contribution in [0, 0.1) is 0 Å². The van der Waals surface area contributed by atoms with Crippen LogP contribution < -0.4 is 5.73 Å². The van der Waals surface area contributed by atoms with E-state index >= 15 is 0 Å². The summed E-state index contributed by atoms with van der Waals surface area (Å²) in [5.41, 5.74) is 5.35. The predicted molar refractivity (Wildman–Crippen MR) is 81.9 cm³/mol. The fourth-order valence-electron chi connectivity index (χ4n) is 3.43. The zero-order chi connectivity index (χ0) is 16.4. The molecule has 0 aliphatic carbocycles. The second-order valence-electron chi connectivity index (χ2n) is 6.24. The zero-order valence-electron chi connectivity index (χ0n) is 13.0. The molecule has 2 aliphatic heterocycles. The van der Waals surface area contributed by atoms with Gasteiger partial charge in [0.25, 0.3) is 0 Å². The van der Waals surface area contributed by atoms with Crippen LogP contribution in [0.2, 0.25) is 0 Å². The van der Waals surface area contributed by atoms with Crippen molar-refractivity contribution in [2.24, 2.45) is 0 Å². The molecule has 0 spiro atoms. The van der Waals surface area contributed by atoms with Gasteiger partial charge in [-0.15, -0.1) is 0 Å². The number of alkyl halides is 3. The van der Waals surface area contributed by atoms with Crippen molar-refractivity contribution in [1.82, 2.24) is 9.80 Å². The number of benzene rings is 1. The highest BCUT2D eigenvalue weighted by molar-refractivity contribution is 5.46. The molecule has 4 nitrogen and oxygen atoms in total. The normalized spacial score (nSPS) is 24.2. The number of nitrogens with zero attached hydrogens (tertiary/aromatic N) is 2. The van der Waals surface area contributed by atoms with Crippen LogP contribution in [0.15, 0.2) is 18.2 Å². The minimum absolute atomic E-state index is 0.147. The molecular formula is C16H22F3N3O. The SMILES string of the molecule is Nc1ccc(CN2CCC(N3CCOCC3)C2)c(C(F)(F)F)c1. The standard InChI is InChI=1S/C16H22F3N3O/c17-16(18,19)15-9-13(20)2-1-12(15)10-21-4-3-14(11-21)22-5-7-23-8-6-22/h1-2,9,14H,3-8,10-11,20H2. The van der Waals surface area contributed by atoms with Crippen LogP contribution in [0.3, 0.4) is 0 Å². The number of rotatable bonds is 3. The van der Waals surface area contributed by atoms with Crippen molar-refractivity contribution in [3.05, 3.63) is 29.3 Å². The fourth-order valence-corrected chi connectivity index (χ4v) is 3.43. The molecule has 1 unspecified atom stereocenters. The quantitative estimate of drug-likeness (QED) is 0.863. The third kappa shape index (κ3) is 3.97. The molecule has 1 aromatic carbocycles. The molecule has 3 rings (SSSR count). The summed E-state index contributed by atoms with van der Waals surface area (Å²) in [6.07, 6.45) is -3.37. The predicted octanol–water partition coefficient (Wildman–Crippen LogP) is 2.19. The summed E-state index contributed by atoms with van der Waals surface area (Å²) in [5.74, 6) is 0. The summed E-state index contributed by atoms with van der Waals surface area (Å²) < 4.78 is 44.9. The number of ether oxygens (including phenoxy) is 1. The second kappa shape index (κ2) is 6.67. The Morgan fingerprint density at radius 3 is 2.61 bits per heavy atom. The van der Waals surface area contributed by atoms with E-state index in [-0.39, 0.29) is 5.69 Å². The average Bonchev–Trinajstić information content (AvgIpc) is 2.97. The molecule has 0 aromatic heterocycles. The summed E-state index contributed by atoms with van der Waals surface area (Å²) in [6, 6.07) is 4.49. The number of nitrogen functional groups attached to an aromatic ring is 1. The Kier molecular flexibility index (Phi) is 4.79. The third-order valence-electron chi connectivity index (χ3n) is 4.64. The number of morpholine rings is 1. The van der Waals surface area contributed by atoms with Gasteiger partial charge in [0.15, 0.2) is 0 Å². The molecule has 23 heavy (non-hydrogen) atoms. The molecule has 0 amide bonds. The maximum absolute atomic E-state index is 13.2. The first kappa shape index (κ1) is 16.5. The van der Waals surface area contributed by atoms with E-state index in [2.05, 4.69) is 9.80 Å². The number of hydrogen-bond acceptors (Lipinski definition) is 4. The smallest absolute Gasteiger partial charge is 0.399 e. The van der Waals surface area contributed by atoms with E-state index in [4.69, 9.17) is 10.5 Å². The van der Waals surface area contributed by atoms with Crippen LogP contribution in [-0.4, -0.2) is 55.2 Å². The molecule has 2 N–H and O–H groups in total. The lowest BCUT2D eigenvalue weighted by Gasteiger charge is -2.32. The number of anilines is 1. The summed E-state index contributed by atoms with van der Waals surface area (Å²) in [5, 5.41) is 0. The lowest BCUT2D eigenvalue weighted by Crippen LogP contribution is -2.44. The first-order valence-corrected chi connectivity index (χ1v) is 7.93. The Labute approximate surface area is 134 Å². The van der Waals surface area contributed by atoms with Gasteiger partial charge in [0.1, 0.15) is 0 Å². The molecule has 128 valence electrons. The van der Waals surface area contributed by atoms with E-state index in [1.807, 2.05) is 0 Å². The van der Waals surface area contributed by atoms with Crippen molar-refractivity contribution in [3.8, 4) is 0 Å². The van der Waals surface area contributed by atoms with Crippen LogP contribution in [0.5, 0.6) is 0 Å². The molecule has 2 heterocycles. The lowest BCUT2D eigenvalue weighted by molar-refractivity contribution is -0.138. The summed E-state index contributed by atoms with van der Waals surface area (Å²) in [4.78, 5) is 4.48. The fraction of sp³-hybridized carbons (Fsp3) is 0.625. The largest absolute Gasteiger partial charge is 0.416 e. The molecule has 2 aliphatic rings. The highest BCUT2D eigenvalue weighted by atomic mass is 19.4. The van der Waals surface area contributed by atoms with Gasteiger partial charge in [0.05, 0.1) is 18.8 Å². The van der Waals surface area contributed by atoms with Crippen LogP contribution in [0.25, 0.3) is 0 Å². The van der Waals surface area contributed by atoms with E-state index in [9.17, 15) is 13.2 Å². The average molecular weight is 329 g/mol. The maximum atomic E-state index is 13.2. The van der Waals surface area contributed by atoms with Crippen molar-refractivity contribution in [2.45, 2.75) is 25.2 Å². The Bertz CT molecular complexity index is 544. The van der Waals surface area contributed by atoms with Crippen LogP contribution >= 0.6 is 0 Å². The molecule has 1 aromatic rings. The molecule has 0 bridgehead atoms. The minimum Gasteiger partial charge on any atom is -0.399 e. The van der Waals surface area contributed by atoms with Crippen molar-refractivity contribution in [2.75, 3.05) is 45.1 Å². The molecule has 0 radical (unpaired) electrons. The van der Waals surface area contributed by atoms with Gasteiger partial charge >= 0.3 is 6.18 Å². The second-order valence-corrected chi connectivity index (χ2v) is 6.24. The molecule has 0 saturated carbocycles. The Morgan fingerprint density at radius 1 is 1.17 bits per heavy atom. The van der Waals surface area contributed by atoms with Crippen LogP contribution in [0.1, 0.15) is 17.5 Å². The van der Waals surface area contributed by atoms with Gasteiger partial charge in [0.2, 0.25) is 0 Å². The van der Waals surface area contributed by atoms with Gasteiger partial charge in [-0.05, 0) is 24.1 Å². The van der Waals surface area contributed by atoms with Gasteiger partial charge in [-0.1, -0.05) is 6.07 Å². The zero-order valence-corrected chi connectivity index (χ0v) is 13.0. The summed E-state index contributed by atoms with van der Waals surface area (Å²) >= 11 is 0. The summed E-state index contributed by atoms with van der Waals surface area (Å²) in [7, 11) is 0. The van der Waals surface area contributed by atoms with Gasteiger partial charge in [-0.25, -0.2) is 0 Å². The van der Waals surface area contributed by atoms with E-state index in [1.165, 1.54) is 6.07 Å².